The smallest absolute Gasteiger partial charge is 0.305 e. The number of aliphatic hydroxyl groups is 1. The van der Waals surface area contributed by atoms with Crippen molar-refractivity contribution in [3.8, 4) is 0 Å². The van der Waals surface area contributed by atoms with Gasteiger partial charge in [-0.05, 0) is 11.4 Å². The summed E-state index contributed by atoms with van der Waals surface area (Å²) in [5.41, 5.74) is 0. The first-order chi connectivity index (χ1) is 8.13. The summed E-state index contributed by atoms with van der Waals surface area (Å²) >= 11 is 1.48. The van der Waals surface area contributed by atoms with Crippen molar-refractivity contribution in [1.29, 1.82) is 0 Å². The minimum absolute atomic E-state index is 0.101. The van der Waals surface area contributed by atoms with Gasteiger partial charge >= 0.3 is 5.97 Å². The molecule has 0 aliphatic heterocycles. The van der Waals surface area contributed by atoms with E-state index in [1.807, 2.05) is 17.5 Å². The number of hydrogen-bond donors (Lipinski definition) is 2. The second-order valence-electron chi connectivity index (χ2n) is 3.50. The highest BCUT2D eigenvalue weighted by atomic mass is 32.1. The lowest BCUT2D eigenvalue weighted by Gasteiger charge is -2.20. The zero-order valence-electron chi connectivity index (χ0n) is 9.33. The summed E-state index contributed by atoms with van der Waals surface area (Å²) < 4.78 is 0. The van der Waals surface area contributed by atoms with Gasteiger partial charge in [0.25, 0.3) is 0 Å². The summed E-state index contributed by atoms with van der Waals surface area (Å²) in [5.74, 6) is -1.10. The summed E-state index contributed by atoms with van der Waals surface area (Å²) in [7, 11) is 0. The van der Waals surface area contributed by atoms with Gasteiger partial charge in [-0.25, -0.2) is 0 Å². The summed E-state index contributed by atoms with van der Waals surface area (Å²) in [5, 5.41) is 19.3. The van der Waals surface area contributed by atoms with Crippen LogP contribution in [0.3, 0.4) is 0 Å². The van der Waals surface area contributed by atoms with E-state index in [2.05, 4.69) is 0 Å². The molecule has 0 spiro atoms. The molecule has 1 rings (SSSR count). The number of hydrogen-bond acceptors (Lipinski definition) is 4. The van der Waals surface area contributed by atoms with Crippen molar-refractivity contribution in [3.63, 3.8) is 0 Å². The van der Waals surface area contributed by atoms with Crippen LogP contribution >= 0.6 is 11.3 Å². The Morgan fingerprint density at radius 3 is 2.65 bits per heavy atom. The number of carboxylic acids is 1. The Morgan fingerprint density at radius 2 is 2.12 bits per heavy atom. The number of rotatable bonds is 7. The van der Waals surface area contributed by atoms with Gasteiger partial charge in [-0.2, -0.15) is 0 Å². The van der Waals surface area contributed by atoms with Crippen LogP contribution in [0.15, 0.2) is 17.5 Å². The molecule has 17 heavy (non-hydrogen) atoms. The highest BCUT2D eigenvalue weighted by Gasteiger charge is 2.15. The summed E-state index contributed by atoms with van der Waals surface area (Å²) in [6.07, 6.45) is 0.160. The van der Waals surface area contributed by atoms with Crippen molar-refractivity contribution in [3.05, 3.63) is 22.4 Å². The monoisotopic (exact) mass is 257 g/mol. The standard InChI is InChI=1S/C11H15NO4S/c13-6-5-12(4-3-11(15)16)10(14)8-9-2-1-7-17-9/h1-2,7,13H,3-6,8H2,(H,15,16). The third-order valence-electron chi connectivity index (χ3n) is 2.22. The van der Waals surface area contributed by atoms with E-state index in [1.54, 1.807) is 0 Å². The van der Waals surface area contributed by atoms with Crippen LogP contribution in [0.4, 0.5) is 0 Å². The number of carbonyl (C=O) groups is 2. The van der Waals surface area contributed by atoms with Gasteiger partial charge in [0.1, 0.15) is 0 Å². The molecule has 0 saturated heterocycles. The average molecular weight is 257 g/mol. The maximum atomic E-state index is 11.8. The summed E-state index contributed by atoms with van der Waals surface area (Å²) in [6.45, 7) is 0.160. The molecule has 0 atom stereocenters. The number of carbonyl (C=O) groups excluding carboxylic acids is 1. The first-order valence-corrected chi connectivity index (χ1v) is 6.14. The van der Waals surface area contributed by atoms with Crippen molar-refractivity contribution < 1.29 is 19.8 Å². The fraction of sp³-hybridized carbons (Fsp3) is 0.455. The third kappa shape index (κ3) is 4.97. The second-order valence-corrected chi connectivity index (χ2v) is 4.54. The van der Waals surface area contributed by atoms with Gasteiger partial charge in [-0.3, -0.25) is 9.59 Å². The van der Waals surface area contributed by atoms with Crippen LogP contribution in [0.1, 0.15) is 11.3 Å². The summed E-state index contributed by atoms with van der Waals surface area (Å²) in [6, 6.07) is 3.72. The van der Waals surface area contributed by atoms with Crippen LogP contribution in [-0.2, 0) is 16.0 Å². The zero-order chi connectivity index (χ0) is 12.7. The number of carboxylic acid groups (broad SMARTS) is 1. The van der Waals surface area contributed by atoms with Gasteiger partial charge in [0.05, 0.1) is 19.4 Å². The zero-order valence-corrected chi connectivity index (χ0v) is 10.2. The van der Waals surface area contributed by atoms with Gasteiger partial charge in [-0.15, -0.1) is 11.3 Å². The van der Waals surface area contributed by atoms with Crippen LogP contribution in [-0.4, -0.2) is 46.7 Å². The van der Waals surface area contributed by atoms with Crippen LogP contribution in [0.25, 0.3) is 0 Å². The van der Waals surface area contributed by atoms with E-state index in [4.69, 9.17) is 10.2 Å². The average Bonchev–Trinajstić information content (AvgIpc) is 2.76. The van der Waals surface area contributed by atoms with Crippen molar-refractivity contribution in [2.45, 2.75) is 12.8 Å². The molecule has 0 fully saturated rings. The first-order valence-electron chi connectivity index (χ1n) is 5.26. The predicted molar refractivity (Wildman–Crippen MR) is 63.9 cm³/mol. The molecule has 0 aromatic carbocycles. The van der Waals surface area contributed by atoms with Crippen LogP contribution in [0.5, 0.6) is 0 Å². The minimum atomic E-state index is -0.947. The molecular formula is C11H15NO4S. The highest BCUT2D eigenvalue weighted by molar-refractivity contribution is 7.10. The molecule has 0 unspecified atom stereocenters. The van der Waals surface area contributed by atoms with Crippen LogP contribution in [0.2, 0.25) is 0 Å². The number of nitrogens with zero attached hydrogens (tertiary/aromatic N) is 1. The number of aliphatic carboxylic acids is 1. The van der Waals surface area contributed by atoms with Crippen LogP contribution < -0.4 is 0 Å². The minimum Gasteiger partial charge on any atom is -0.481 e. The van der Waals surface area contributed by atoms with Crippen molar-refractivity contribution in [2.75, 3.05) is 19.7 Å². The lowest BCUT2D eigenvalue weighted by molar-refractivity contribution is -0.138. The number of thiophene rings is 1. The fourth-order valence-electron chi connectivity index (χ4n) is 1.39. The van der Waals surface area contributed by atoms with Gasteiger partial charge in [0.15, 0.2) is 0 Å². The SMILES string of the molecule is O=C(O)CCN(CCO)C(=O)Cc1cccs1. The molecular weight excluding hydrogens is 242 g/mol. The molecule has 94 valence electrons. The Hall–Kier alpha value is -1.40. The van der Waals surface area contributed by atoms with Gasteiger partial charge < -0.3 is 15.1 Å². The molecule has 1 aromatic heterocycles. The molecule has 5 nitrogen and oxygen atoms in total. The predicted octanol–water partition coefficient (Wildman–Crippen LogP) is 0.586. The topological polar surface area (TPSA) is 77.8 Å². The largest absolute Gasteiger partial charge is 0.481 e. The Labute approximate surface area is 103 Å². The molecule has 1 amide bonds. The first kappa shape index (κ1) is 13.7. The number of aliphatic hydroxyl groups excluding tert-OH is 1. The molecule has 0 radical (unpaired) electrons. The molecule has 0 bridgehead atoms. The van der Waals surface area contributed by atoms with Crippen molar-refractivity contribution in [1.82, 2.24) is 4.90 Å². The van der Waals surface area contributed by atoms with Crippen molar-refractivity contribution >= 4 is 23.2 Å². The van der Waals surface area contributed by atoms with Gasteiger partial charge in [-0.1, -0.05) is 6.07 Å². The molecule has 1 heterocycles. The third-order valence-corrected chi connectivity index (χ3v) is 3.10. The fourth-order valence-corrected chi connectivity index (χ4v) is 2.08. The summed E-state index contributed by atoms with van der Waals surface area (Å²) in [4.78, 5) is 24.6. The highest BCUT2D eigenvalue weighted by Crippen LogP contribution is 2.10. The van der Waals surface area contributed by atoms with Gasteiger partial charge in [0.2, 0.25) is 5.91 Å². The van der Waals surface area contributed by atoms with E-state index in [-0.39, 0.29) is 38.4 Å². The normalized spacial score (nSPS) is 10.2. The van der Waals surface area contributed by atoms with E-state index < -0.39 is 5.97 Å². The molecule has 6 heteroatoms. The van der Waals surface area contributed by atoms with E-state index in [9.17, 15) is 9.59 Å². The molecule has 0 aliphatic carbocycles. The molecule has 1 aromatic rings. The Bertz CT molecular complexity index is 364. The Kier molecular flexibility index (Phi) is 5.65. The maximum Gasteiger partial charge on any atom is 0.305 e. The Morgan fingerprint density at radius 1 is 1.35 bits per heavy atom. The molecule has 2 N–H and O–H groups in total. The van der Waals surface area contributed by atoms with E-state index in [0.717, 1.165) is 4.88 Å². The van der Waals surface area contributed by atoms with E-state index >= 15 is 0 Å². The quantitative estimate of drug-likeness (QED) is 0.749. The maximum absolute atomic E-state index is 11.8. The second kappa shape index (κ2) is 7.03. The number of amides is 1. The molecule has 0 saturated carbocycles. The van der Waals surface area contributed by atoms with E-state index in [1.165, 1.54) is 16.2 Å². The lowest BCUT2D eigenvalue weighted by Crippen LogP contribution is -2.36. The molecule has 0 aliphatic rings. The Balaban J connectivity index is 2.50. The van der Waals surface area contributed by atoms with Crippen molar-refractivity contribution in [2.24, 2.45) is 0 Å². The van der Waals surface area contributed by atoms with Crippen LogP contribution in [0, 0.1) is 0 Å². The lowest BCUT2D eigenvalue weighted by atomic mass is 10.3. The van der Waals surface area contributed by atoms with E-state index in [0.29, 0.717) is 0 Å². The van der Waals surface area contributed by atoms with Gasteiger partial charge in [0, 0.05) is 18.0 Å².